The van der Waals surface area contributed by atoms with Gasteiger partial charge in [-0.05, 0) is 35.4 Å². The van der Waals surface area contributed by atoms with Crippen molar-refractivity contribution >= 4 is 21.8 Å². The number of carbonyl (C=O) groups excluding carboxylic acids is 1. The Hall–Kier alpha value is -2.68. The highest BCUT2D eigenvalue weighted by Gasteiger charge is 2.37. The van der Waals surface area contributed by atoms with Gasteiger partial charge in [0.15, 0.2) is 5.82 Å². The zero-order chi connectivity index (χ0) is 15.9. The minimum Gasteiger partial charge on any atom is -0.506 e. The van der Waals surface area contributed by atoms with E-state index >= 15 is 0 Å². The molecule has 1 aliphatic heterocycles. The van der Waals surface area contributed by atoms with Gasteiger partial charge in [-0.25, -0.2) is 13.4 Å². The molecule has 0 saturated carbocycles. The summed E-state index contributed by atoms with van der Waals surface area (Å²) in [5.74, 6) is -2.32. The second-order valence-corrected chi connectivity index (χ2v) is 6.19. The van der Waals surface area contributed by atoms with Crippen LogP contribution in [0.15, 0.2) is 36.7 Å². The molecular formula is C13H10FN3O4S. The molecule has 1 saturated heterocycles. The van der Waals surface area contributed by atoms with Crippen LogP contribution >= 0.6 is 0 Å². The molecule has 2 N–H and O–H groups in total. The Morgan fingerprint density at radius 1 is 1.23 bits per heavy atom. The topological polar surface area (TPSA) is 99.6 Å². The van der Waals surface area contributed by atoms with Crippen molar-refractivity contribution in [3.8, 4) is 16.9 Å². The van der Waals surface area contributed by atoms with E-state index < -0.39 is 39.9 Å². The second kappa shape index (κ2) is 4.95. The zero-order valence-corrected chi connectivity index (χ0v) is 11.8. The number of phenols is 1. The average molecular weight is 323 g/mol. The van der Waals surface area contributed by atoms with Gasteiger partial charge in [0.05, 0.1) is 0 Å². The standard InChI is InChI=1S/C13H10FN3O4S/c14-10-5-9(8-1-3-15-4-2-8)6-11(18)13(10)17-7-12(19)16-22(17,20)21/h1-6,18H,7H2,(H,16,19). The molecule has 1 aromatic carbocycles. The molecule has 22 heavy (non-hydrogen) atoms. The first-order valence-corrected chi connectivity index (χ1v) is 7.59. The number of anilines is 1. The molecular weight excluding hydrogens is 313 g/mol. The lowest BCUT2D eigenvalue weighted by Crippen LogP contribution is -2.30. The van der Waals surface area contributed by atoms with Crippen LogP contribution < -0.4 is 9.03 Å². The van der Waals surface area contributed by atoms with Gasteiger partial charge in [0.2, 0.25) is 0 Å². The molecule has 1 fully saturated rings. The molecule has 114 valence electrons. The number of halogens is 1. The third-order valence-corrected chi connectivity index (χ3v) is 4.50. The number of nitrogens with one attached hydrogen (secondary N) is 1. The van der Waals surface area contributed by atoms with E-state index in [1.54, 1.807) is 16.9 Å². The highest BCUT2D eigenvalue weighted by Crippen LogP contribution is 2.37. The quantitative estimate of drug-likeness (QED) is 0.850. The number of nitrogens with zero attached hydrogens (tertiary/aromatic N) is 2. The predicted molar refractivity (Wildman–Crippen MR) is 75.7 cm³/mol. The number of carbonyl (C=O) groups is 1. The van der Waals surface area contributed by atoms with Crippen LogP contribution in [-0.4, -0.2) is 31.0 Å². The Balaban J connectivity index is 2.10. The summed E-state index contributed by atoms with van der Waals surface area (Å²) >= 11 is 0. The van der Waals surface area contributed by atoms with Gasteiger partial charge >= 0.3 is 10.2 Å². The molecule has 7 nitrogen and oxygen atoms in total. The molecule has 0 aliphatic carbocycles. The molecule has 9 heteroatoms. The number of hydrogen-bond donors (Lipinski definition) is 2. The molecule has 2 heterocycles. The van der Waals surface area contributed by atoms with Crippen molar-refractivity contribution in [2.75, 3.05) is 10.8 Å². The van der Waals surface area contributed by atoms with E-state index in [0.29, 0.717) is 15.4 Å². The summed E-state index contributed by atoms with van der Waals surface area (Å²) in [5, 5.41) is 10.0. The summed E-state index contributed by atoms with van der Waals surface area (Å²) in [4.78, 5) is 15.0. The van der Waals surface area contributed by atoms with E-state index in [-0.39, 0.29) is 0 Å². The highest BCUT2D eigenvalue weighted by molar-refractivity contribution is 7.92. The van der Waals surface area contributed by atoms with Gasteiger partial charge in [-0.1, -0.05) is 0 Å². The summed E-state index contributed by atoms with van der Waals surface area (Å²) < 4.78 is 40.0. The Kier molecular flexibility index (Phi) is 3.21. The minimum absolute atomic E-state index is 0.358. The zero-order valence-electron chi connectivity index (χ0n) is 11.0. The largest absolute Gasteiger partial charge is 0.506 e. The first kappa shape index (κ1) is 14.3. The Morgan fingerprint density at radius 3 is 2.45 bits per heavy atom. The first-order valence-electron chi connectivity index (χ1n) is 6.15. The summed E-state index contributed by atoms with van der Waals surface area (Å²) in [6.45, 7) is -0.582. The van der Waals surface area contributed by atoms with Gasteiger partial charge < -0.3 is 5.11 Å². The van der Waals surface area contributed by atoms with Crippen molar-refractivity contribution in [1.29, 1.82) is 0 Å². The number of aromatic nitrogens is 1. The minimum atomic E-state index is -4.19. The van der Waals surface area contributed by atoms with Crippen LogP contribution in [0.1, 0.15) is 0 Å². The van der Waals surface area contributed by atoms with Crippen LogP contribution in [0.25, 0.3) is 11.1 Å². The van der Waals surface area contributed by atoms with Crippen LogP contribution in [-0.2, 0) is 15.0 Å². The smallest absolute Gasteiger partial charge is 0.326 e. The maximum absolute atomic E-state index is 14.3. The van der Waals surface area contributed by atoms with Crippen LogP contribution in [0.4, 0.5) is 10.1 Å². The van der Waals surface area contributed by atoms with E-state index in [4.69, 9.17) is 0 Å². The van der Waals surface area contributed by atoms with Crippen LogP contribution in [0.5, 0.6) is 5.75 Å². The summed E-state index contributed by atoms with van der Waals surface area (Å²) in [6, 6.07) is 5.55. The first-order chi connectivity index (χ1) is 10.4. The van der Waals surface area contributed by atoms with Crippen molar-refractivity contribution in [3.05, 3.63) is 42.5 Å². The maximum atomic E-state index is 14.3. The molecule has 1 aromatic heterocycles. The molecule has 0 atom stereocenters. The lowest BCUT2D eigenvalue weighted by molar-refractivity contribution is -0.117. The van der Waals surface area contributed by atoms with Gasteiger partial charge in [0.25, 0.3) is 5.91 Å². The summed E-state index contributed by atoms with van der Waals surface area (Å²) in [6.07, 6.45) is 3.01. The van der Waals surface area contributed by atoms with Gasteiger partial charge in [-0.2, -0.15) is 8.42 Å². The number of benzene rings is 1. The van der Waals surface area contributed by atoms with E-state index in [1.165, 1.54) is 18.5 Å². The van der Waals surface area contributed by atoms with Gasteiger partial charge in [0.1, 0.15) is 18.0 Å². The fourth-order valence-electron chi connectivity index (χ4n) is 2.19. The van der Waals surface area contributed by atoms with E-state index in [1.807, 2.05) is 0 Å². The predicted octanol–water partition coefficient (Wildman–Crippen LogP) is 0.774. The molecule has 1 amide bonds. The number of hydrogen-bond acceptors (Lipinski definition) is 5. The van der Waals surface area contributed by atoms with Crippen molar-refractivity contribution in [3.63, 3.8) is 0 Å². The molecule has 0 bridgehead atoms. The Labute approximate surface area is 125 Å². The van der Waals surface area contributed by atoms with Crippen molar-refractivity contribution in [1.82, 2.24) is 9.71 Å². The molecule has 0 unspecified atom stereocenters. The van der Waals surface area contributed by atoms with E-state index in [0.717, 1.165) is 6.07 Å². The SMILES string of the molecule is O=C1CN(c2c(O)cc(-c3ccncc3)cc2F)S(=O)(=O)N1. The van der Waals surface area contributed by atoms with E-state index in [2.05, 4.69) is 4.98 Å². The number of pyridine rings is 1. The molecule has 3 rings (SSSR count). The molecule has 0 spiro atoms. The average Bonchev–Trinajstić information content (AvgIpc) is 2.72. The van der Waals surface area contributed by atoms with Crippen molar-refractivity contribution in [2.24, 2.45) is 0 Å². The summed E-state index contributed by atoms with van der Waals surface area (Å²) in [7, 11) is -4.19. The lowest BCUT2D eigenvalue weighted by atomic mass is 10.1. The maximum Gasteiger partial charge on any atom is 0.326 e. The van der Waals surface area contributed by atoms with Gasteiger partial charge in [-0.15, -0.1) is 0 Å². The van der Waals surface area contributed by atoms with Crippen LogP contribution in [0, 0.1) is 5.82 Å². The number of rotatable bonds is 2. The Morgan fingerprint density at radius 2 is 1.91 bits per heavy atom. The molecule has 2 aromatic rings. The van der Waals surface area contributed by atoms with Gasteiger partial charge in [-0.3, -0.25) is 9.78 Å². The number of phenolic OH excluding ortho intramolecular Hbond substituents is 1. The van der Waals surface area contributed by atoms with Gasteiger partial charge in [0, 0.05) is 12.4 Å². The van der Waals surface area contributed by atoms with E-state index in [9.17, 15) is 22.7 Å². The van der Waals surface area contributed by atoms with Crippen LogP contribution in [0.3, 0.4) is 0 Å². The second-order valence-electron chi connectivity index (χ2n) is 4.60. The fraction of sp³-hybridized carbons (Fsp3) is 0.0769. The molecule has 0 radical (unpaired) electrons. The summed E-state index contributed by atoms with van der Waals surface area (Å²) in [5.41, 5.74) is 0.405. The highest BCUT2D eigenvalue weighted by atomic mass is 32.2. The lowest BCUT2D eigenvalue weighted by Gasteiger charge is -2.17. The third kappa shape index (κ3) is 2.35. The monoisotopic (exact) mass is 323 g/mol. The van der Waals surface area contributed by atoms with Crippen LogP contribution in [0.2, 0.25) is 0 Å². The third-order valence-electron chi connectivity index (χ3n) is 3.13. The Bertz CT molecular complexity index is 832. The fourth-order valence-corrected chi connectivity index (χ4v) is 3.36. The normalized spacial score (nSPS) is 16.6. The molecule has 1 aliphatic rings. The number of amides is 1. The van der Waals surface area contributed by atoms with Crippen molar-refractivity contribution in [2.45, 2.75) is 0 Å². The van der Waals surface area contributed by atoms with Crippen molar-refractivity contribution < 1.29 is 22.7 Å². The number of aromatic hydroxyl groups is 1.